The van der Waals surface area contributed by atoms with Crippen LogP contribution in [0.3, 0.4) is 0 Å². The van der Waals surface area contributed by atoms with Gasteiger partial charge in [0.15, 0.2) is 0 Å². The number of allylic oxidation sites excluding steroid dienone is 1. The molecule has 0 saturated heterocycles. The molecule has 0 bridgehead atoms. The molecule has 0 aromatic carbocycles. The van der Waals surface area contributed by atoms with Gasteiger partial charge in [-0.3, -0.25) is 0 Å². The van der Waals surface area contributed by atoms with E-state index < -0.39 is 0 Å². The minimum Gasteiger partial charge on any atom is -0.330 e. The van der Waals surface area contributed by atoms with Crippen molar-refractivity contribution in [3.63, 3.8) is 0 Å². The fraction of sp³-hybridized carbons (Fsp3) is 0.750. The van der Waals surface area contributed by atoms with Crippen molar-refractivity contribution in [1.82, 2.24) is 0 Å². The molecule has 0 fully saturated rings. The van der Waals surface area contributed by atoms with Crippen LogP contribution in [0.1, 0.15) is 27.2 Å². The van der Waals surface area contributed by atoms with E-state index in [0.717, 1.165) is 13.0 Å². The van der Waals surface area contributed by atoms with Crippen molar-refractivity contribution in [1.29, 1.82) is 0 Å². The molecular weight excluding hydrogens is 110 g/mol. The van der Waals surface area contributed by atoms with Crippen LogP contribution in [0.5, 0.6) is 0 Å². The van der Waals surface area contributed by atoms with Gasteiger partial charge in [-0.2, -0.15) is 0 Å². The topological polar surface area (TPSA) is 26.0 Å². The van der Waals surface area contributed by atoms with Crippen molar-refractivity contribution < 1.29 is 0 Å². The SMILES string of the molecule is C/C(=C\C(C)C)CCN. The van der Waals surface area contributed by atoms with Crippen LogP contribution in [-0.2, 0) is 0 Å². The zero-order valence-corrected chi connectivity index (χ0v) is 6.65. The molecule has 0 heterocycles. The van der Waals surface area contributed by atoms with Gasteiger partial charge in [0.1, 0.15) is 0 Å². The third-order valence-electron chi connectivity index (χ3n) is 1.16. The average Bonchev–Trinajstić information content (AvgIpc) is 1.63. The molecule has 54 valence electrons. The second-order valence-electron chi connectivity index (χ2n) is 2.80. The molecule has 0 amide bonds. The number of hydrogen-bond donors (Lipinski definition) is 1. The Bertz CT molecular complexity index is 92.7. The van der Waals surface area contributed by atoms with Gasteiger partial charge in [-0.15, -0.1) is 0 Å². The summed E-state index contributed by atoms with van der Waals surface area (Å²) in [6.45, 7) is 7.27. The molecule has 0 radical (unpaired) electrons. The monoisotopic (exact) mass is 127 g/mol. The van der Waals surface area contributed by atoms with Gasteiger partial charge < -0.3 is 5.73 Å². The number of nitrogens with two attached hydrogens (primary N) is 1. The van der Waals surface area contributed by atoms with E-state index in [1.165, 1.54) is 5.57 Å². The molecule has 0 aliphatic heterocycles. The minimum absolute atomic E-state index is 0.663. The van der Waals surface area contributed by atoms with Crippen molar-refractivity contribution in [2.45, 2.75) is 27.2 Å². The zero-order valence-electron chi connectivity index (χ0n) is 6.65. The van der Waals surface area contributed by atoms with E-state index in [-0.39, 0.29) is 0 Å². The van der Waals surface area contributed by atoms with Crippen LogP contribution in [0, 0.1) is 5.92 Å². The van der Waals surface area contributed by atoms with Crippen molar-refractivity contribution in [3.05, 3.63) is 11.6 Å². The first-order chi connectivity index (χ1) is 4.16. The lowest BCUT2D eigenvalue weighted by Crippen LogP contribution is -1.99. The van der Waals surface area contributed by atoms with Crippen molar-refractivity contribution in [3.8, 4) is 0 Å². The van der Waals surface area contributed by atoms with Crippen molar-refractivity contribution in [2.24, 2.45) is 11.7 Å². The largest absolute Gasteiger partial charge is 0.330 e. The summed E-state index contributed by atoms with van der Waals surface area (Å²) >= 11 is 0. The maximum atomic E-state index is 5.36. The zero-order chi connectivity index (χ0) is 7.28. The second-order valence-corrected chi connectivity index (χ2v) is 2.80. The first kappa shape index (κ1) is 8.70. The molecule has 0 aliphatic carbocycles. The Balaban J connectivity index is 3.55. The summed E-state index contributed by atoms with van der Waals surface area (Å²) in [6, 6.07) is 0. The molecule has 0 atom stereocenters. The quantitative estimate of drug-likeness (QED) is 0.576. The molecule has 2 N–H and O–H groups in total. The van der Waals surface area contributed by atoms with Gasteiger partial charge in [-0.25, -0.2) is 0 Å². The second kappa shape index (κ2) is 4.57. The summed E-state index contributed by atoms with van der Waals surface area (Å²) in [5.74, 6) is 0.663. The Kier molecular flexibility index (Phi) is 4.41. The fourth-order valence-electron chi connectivity index (χ4n) is 0.880. The van der Waals surface area contributed by atoms with Crippen LogP contribution in [0.2, 0.25) is 0 Å². The molecule has 0 rings (SSSR count). The summed E-state index contributed by atoms with van der Waals surface area (Å²) < 4.78 is 0. The van der Waals surface area contributed by atoms with E-state index in [0.29, 0.717) is 5.92 Å². The van der Waals surface area contributed by atoms with E-state index in [9.17, 15) is 0 Å². The summed E-state index contributed by atoms with van der Waals surface area (Å²) in [6.07, 6.45) is 3.30. The van der Waals surface area contributed by atoms with E-state index in [1.54, 1.807) is 0 Å². The van der Waals surface area contributed by atoms with Crippen molar-refractivity contribution in [2.75, 3.05) is 6.54 Å². The first-order valence-electron chi connectivity index (χ1n) is 3.54. The molecule has 0 aliphatic rings. The molecule has 0 unspecified atom stereocenters. The van der Waals surface area contributed by atoms with Gasteiger partial charge in [-0.05, 0) is 25.8 Å². The Hall–Kier alpha value is -0.300. The average molecular weight is 127 g/mol. The lowest BCUT2D eigenvalue weighted by molar-refractivity contribution is 0.806. The summed E-state index contributed by atoms with van der Waals surface area (Å²) in [5.41, 5.74) is 6.77. The van der Waals surface area contributed by atoms with Gasteiger partial charge in [-0.1, -0.05) is 25.5 Å². The lowest BCUT2D eigenvalue weighted by Gasteiger charge is -1.99. The van der Waals surface area contributed by atoms with Gasteiger partial charge >= 0.3 is 0 Å². The normalized spacial score (nSPS) is 12.8. The first-order valence-corrected chi connectivity index (χ1v) is 3.54. The van der Waals surface area contributed by atoms with Crippen LogP contribution in [-0.4, -0.2) is 6.54 Å². The fourth-order valence-corrected chi connectivity index (χ4v) is 0.880. The summed E-state index contributed by atoms with van der Waals surface area (Å²) in [5, 5.41) is 0. The van der Waals surface area contributed by atoms with Gasteiger partial charge in [0, 0.05) is 0 Å². The van der Waals surface area contributed by atoms with Gasteiger partial charge in [0.05, 0.1) is 0 Å². The smallest absolute Gasteiger partial charge is 0.00400 e. The Morgan fingerprint density at radius 2 is 2.11 bits per heavy atom. The summed E-state index contributed by atoms with van der Waals surface area (Å²) in [7, 11) is 0. The van der Waals surface area contributed by atoms with Gasteiger partial charge in [0.25, 0.3) is 0 Å². The molecule has 0 aromatic heterocycles. The lowest BCUT2D eigenvalue weighted by atomic mass is 10.1. The highest BCUT2D eigenvalue weighted by Crippen LogP contribution is 2.03. The Labute approximate surface area is 57.9 Å². The van der Waals surface area contributed by atoms with Crippen LogP contribution in [0.4, 0.5) is 0 Å². The molecule has 0 saturated carbocycles. The highest BCUT2D eigenvalue weighted by atomic mass is 14.5. The predicted molar refractivity (Wildman–Crippen MR) is 42.3 cm³/mol. The third kappa shape index (κ3) is 5.57. The van der Waals surface area contributed by atoms with Gasteiger partial charge in [0.2, 0.25) is 0 Å². The van der Waals surface area contributed by atoms with E-state index >= 15 is 0 Å². The standard InChI is InChI=1S/C8H17N/c1-7(2)6-8(3)4-5-9/h6-7H,4-5,9H2,1-3H3/b8-6+. The third-order valence-corrected chi connectivity index (χ3v) is 1.16. The van der Waals surface area contributed by atoms with Crippen LogP contribution >= 0.6 is 0 Å². The molecule has 9 heavy (non-hydrogen) atoms. The van der Waals surface area contributed by atoms with E-state index in [1.807, 2.05) is 0 Å². The Morgan fingerprint density at radius 1 is 1.56 bits per heavy atom. The predicted octanol–water partition coefficient (Wildman–Crippen LogP) is 1.94. The Morgan fingerprint density at radius 3 is 2.44 bits per heavy atom. The van der Waals surface area contributed by atoms with E-state index in [4.69, 9.17) is 5.73 Å². The molecule has 0 aromatic rings. The van der Waals surface area contributed by atoms with Crippen LogP contribution in [0.25, 0.3) is 0 Å². The van der Waals surface area contributed by atoms with Crippen LogP contribution < -0.4 is 5.73 Å². The number of rotatable bonds is 3. The minimum atomic E-state index is 0.663. The maximum absolute atomic E-state index is 5.36. The summed E-state index contributed by atoms with van der Waals surface area (Å²) in [4.78, 5) is 0. The molecule has 1 nitrogen and oxygen atoms in total. The highest BCUT2D eigenvalue weighted by molar-refractivity contribution is 4.99. The van der Waals surface area contributed by atoms with E-state index in [2.05, 4.69) is 26.8 Å². The highest BCUT2D eigenvalue weighted by Gasteiger charge is 1.89. The molecular formula is C8H17N. The maximum Gasteiger partial charge on any atom is -0.00400 e. The molecule has 0 spiro atoms. The van der Waals surface area contributed by atoms with Crippen LogP contribution in [0.15, 0.2) is 11.6 Å². The number of hydrogen-bond acceptors (Lipinski definition) is 1. The van der Waals surface area contributed by atoms with Crippen molar-refractivity contribution >= 4 is 0 Å². The molecule has 1 heteroatoms.